The summed E-state index contributed by atoms with van der Waals surface area (Å²) in [5.74, 6) is 0.660. The maximum Gasteiger partial charge on any atom is 0.307 e. The van der Waals surface area contributed by atoms with Gasteiger partial charge in [-0.3, -0.25) is 9.78 Å². The summed E-state index contributed by atoms with van der Waals surface area (Å²) in [7, 11) is 0. The normalized spacial score (nSPS) is 11.2. The molecule has 0 atom stereocenters. The van der Waals surface area contributed by atoms with Crippen molar-refractivity contribution in [3.8, 4) is 11.6 Å². The molecule has 34 heavy (non-hydrogen) atoms. The molecule has 0 saturated carbocycles. The lowest BCUT2D eigenvalue weighted by atomic mass is 10.1. The second-order valence-corrected chi connectivity index (χ2v) is 9.83. The van der Waals surface area contributed by atoms with Gasteiger partial charge >= 0.3 is 4.87 Å². The summed E-state index contributed by atoms with van der Waals surface area (Å²) in [6, 6.07) is 21.6. The molecule has 172 valence electrons. The number of aromatic nitrogens is 2. The standard InChI is InChI=1S/C26H20Cl2N2O3S/c27-21-8-6-17(10-22(21)28)13-30-14-18(11-24-25(31)29-26(32)34-24)20-12-19(7-9-23(20)30)33-15-16-4-2-1-3-5-16/h1-10,12,14,31H,11,13,15H2,(H,29,32). The quantitative estimate of drug-likeness (QED) is 0.258. The summed E-state index contributed by atoms with van der Waals surface area (Å²) in [6.07, 6.45) is 2.46. The zero-order valence-electron chi connectivity index (χ0n) is 17.9. The highest BCUT2D eigenvalue weighted by molar-refractivity contribution is 7.09. The summed E-state index contributed by atoms with van der Waals surface area (Å²) in [6.45, 7) is 1.05. The Kier molecular flexibility index (Phi) is 6.37. The lowest BCUT2D eigenvalue weighted by Crippen LogP contribution is -1.98. The average molecular weight is 511 g/mol. The lowest BCUT2D eigenvalue weighted by Gasteiger charge is -2.09. The molecule has 0 bridgehead atoms. The SMILES string of the molecule is O=c1[nH]c(O)c(Cc2cn(Cc3ccc(Cl)c(Cl)c3)c3ccc(OCc4ccccc4)cc23)s1. The molecule has 0 aliphatic carbocycles. The second kappa shape index (κ2) is 9.58. The van der Waals surface area contributed by atoms with Gasteiger partial charge in [-0.05, 0) is 47.0 Å². The molecule has 0 amide bonds. The number of aromatic hydroxyl groups is 1. The van der Waals surface area contributed by atoms with Gasteiger partial charge in [0, 0.05) is 30.1 Å². The number of fused-ring (bicyclic) bond motifs is 1. The van der Waals surface area contributed by atoms with Crippen LogP contribution in [0.25, 0.3) is 10.9 Å². The van der Waals surface area contributed by atoms with Crippen LogP contribution in [0.4, 0.5) is 0 Å². The molecule has 3 aromatic carbocycles. The summed E-state index contributed by atoms with van der Waals surface area (Å²) in [5, 5.41) is 12.1. The number of H-pyrrole nitrogens is 1. The number of benzene rings is 3. The van der Waals surface area contributed by atoms with Gasteiger partial charge in [0.25, 0.3) is 0 Å². The van der Waals surface area contributed by atoms with Crippen molar-refractivity contribution < 1.29 is 9.84 Å². The highest BCUT2D eigenvalue weighted by Crippen LogP contribution is 2.31. The number of hydrogen-bond donors (Lipinski definition) is 2. The molecule has 2 N–H and O–H groups in total. The van der Waals surface area contributed by atoms with Gasteiger partial charge in [-0.15, -0.1) is 0 Å². The van der Waals surface area contributed by atoms with Gasteiger partial charge in [-0.2, -0.15) is 0 Å². The third-order valence-corrected chi connectivity index (χ3v) is 7.18. The average Bonchev–Trinajstić information content (AvgIpc) is 3.33. The van der Waals surface area contributed by atoms with Crippen LogP contribution in [0.2, 0.25) is 10.0 Å². The smallest absolute Gasteiger partial charge is 0.307 e. The minimum atomic E-state index is -0.279. The number of aromatic amines is 1. The van der Waals surface area contributed by atoms with Gasteiger partial charge in [0.05, 0.1) is 14.9 Å². The van der Waals surface area contributed by atoms with Crippen molar-refractivity contribution in [2.75, 3.05) is 0 Å². The molecule has 5 nitrogen and oxygen atoms in total. The Labute approximate surface area is 209 Å². The first kappa shape index (κ1) is 22.6. The number of ether oxygens (including phenoxy) is 1. The lowest BCUT2D eigenvalue weighted by molar-refractivity contribution is 0.306. The van der Waals surface area contributed by atoms with E-state index in [1.807, 2.05) is 66.9 Å². The van der Waals surface area contributed by atoms with Crippen molar-refractivity contribution in [2.45, 2.75) is 19.6 Å². The zero-order valence-corrected chi connectivity index (χ0v) is 20.3. The zero-order chi connectivity index (χ0) is 23.7. The van der Waals surface area contributed by atoms with Crippen molar-refractivity contribution in [2.24, 2.45) is 0 Å². The topological polar surface area (TPSA) is 67.2 Å². The van der Waals surface area contributed by atoms with E-state index in [0.717, 1.165) is 44.7 Å². The number of nitrogens with zero attached hydrogens (tertiary/aromatic N) is 1. The number of rotatable bonds is 7. The van der Waals surface area contributed by atoms with Crippen LogP contribution >= 0.6 is 34.5 Å². The van der Waals surface area contributed by atoms with Crippen LogP contribution in [0.15, 0.2) is 77.7 Å². The highest BCUT2D eigenvalue weighted by atomic mass is 35.5. The fraction of sp³-hybridized carbons (Fsp3) is 0.115. The van der Waals surface area contributed by atoms with Crippen molar-refractivity contribution in [1.82, 2.24) is 9.55 Å². The van der Waals surface area contributed by atoms with Gasteiger partial charge in [-0.25, -0.2) is 0 Å². The summed E-state index contributed by atoms with van der Waals surface area (Å²) in [4.78, 5) is 14.5. The van der Waals surface area contributed by atoms with Crippen LogP contribution in [0.1, 0.15) is 21.6 Å². The first-order valence-electron chi connectivity index (χ1n) is 10.6. The summed E-state index contributed by atoms with van der Waals surface area (Å²) >= 11 is 13.3. The van der Waals surface area contributed by atoms with Crippen LogP contribution in [0.5, 0.6) is 11.6 Å². The fourth-order valence-corrected chi connectivity index (χ4v) is 5.00. The molecular formula is C26H20Cl2N2O3S. The maximum atomic E-state index is 11.7. The van der Waals surface area contributed by atoms with E-state index in [1.54, 1.807) is 6.07 Å². The Morgan fingerprint density at radius 2 is 1.79 bits per heavy atom. The van der Waals surface area contributed by atoms with Gasteiger partial charge in [0.1, 0.15) is 12.4 Å². The van der Waals surface area contributed by atoms with Crippen LogP contribution in [0, 0.1) is 0 Å². The van der Waals surface area contributed by atoms with Crippen LogP contribution in [-0.4, -0.2) is 14.7 Å². The van der Waals surface area contributed by atoms with Gasteiger partial charge in [0.15, 0.2) is 0 Å². The predicted molar refractivity (Wildman–Crippen MR) is 138 cm³/mol. The highest BCUT2D eigenvalue weighted by Gasteiger charge is 2.15. The molecule has 5 rings (SSSR count). The van der Waals surface area contributed by atoms with Crippen molar-refractivity contribution in [3.63, 3.8) is 0 Å². The van der Waals surface area contributed by atoms with Gasteiger partial charge in [-0.1, -0.05) is 70.9 Å². The monoisotopic (exact) mass is 510 g/mol. The Morgan fingerprint density at radius 3 is 2.53 bits per heavy atom. The van der Waals surface area contributed by atoms with Crippen molar-refractivity contribution >= 4 is 45.4 Å². The van der Waals surface area contributed by atoms with Gasteiger partial charge < -0.3 is 14.4 Å². The fourth-order valence-electron chi connectivity index (χ4n) is 3.93. The number of hydrogen-bond acceptors (Lipinski definition) is 4. The van der Waals surface area contributed by atoms with E-state index in [4.69, 9.17) is 27.9 Å². The van der Waals surface area contributed by atoms with Crippen LogP contribution < -0.4 is 9.61 Å². The summed E-state index contributed by atoms with van der Waals surface area (Å²) < 4.78 is 8.17. The molecule has 0 aliphatic rings. The first-order chi connectivity index (χ1) is 16.5. The van der Waals surface area contributed by atoms with Crippen LogP contribution in [0.3, 0.4) is 0 Å². The minimum Gasteiger partial charge on any atom is -0.494 e. The third kappa shape index (κ3) is 4.85. The van der Waals surface area contributed by atoms with E-state index in [2.05, 4.69) is 9.55 Å². The van der Waals surface area contributed by atoms with E-state index in [9.17, 15) is 9.90 Å². The first-order valence-corrected chi connectivity index (χ1v) is 12.2. The molecular weight excluding hydrogens is 491 g/mol. The van der Waals surface area contributed by atoms with E-state index in [-0.39, 0.29) is 10.8 Å². The summed E-state index contributed by atoms with van der Waals surface area (Å²) in [5.41, 5.74) is 4.08. The Balaban J connectivity index is 1.51. The van der Waals surface area contributed by atoms with E-state index >= 15 is 0 Å². The second-order valence-electron chi connectivity index (χ2n) is 7.95. The van der Waals surface area contributed by atoms with E-state index in [0.29, 0.717) is 34.5 Å². The number of halogens is 2. The van der Waals surface area contributed by atoms with Crippen LogP contribution in [-0.2, 0) is 19.6 Å². The Hall–Kier alpha value is -3.19. The molecule has 0 saturated heterocycles. The van der Waals surface area contributed by atoms with Gasteiger partial charge in [0.2, 0.25) is 5.88 Å². The number of thiazole rings is 1. The molecule has 2 aromatic heterocycles. The minimum absolute atomic E-state index is 0.0862. The predicted octanol–water partition coefficient (Wildman–Crippen LogP) is 6.62. The molecule has 5 aromatic rings. The molecule has 0 fully saturated rings. The molecule has 0 aliphatic heterocycles. The Morgan fingerprint density at radius 1 is 0.971 bits per heavy atom. The van der Waals surface area contributed by atoms with E-state index in [1.165, 1.54) is 0 Å². The van der Waals surface area contributed by atoms with E-state index < -0.39 is 0 Å². The molecule has 0 unspecified atom stereocenters. The third-order valence-electron chi connectivity index (χ3n) is 5.57. The van der Waals surface area contributed by atoms with Crippen molar-refractivity contribution in [3.05, 3.63) is 114 Å². The largest absolute Gasteiger partial charge is 0.494 e. The molecule has 2 heterocycles. The molecule has 0 radical (unpaired) electrons. The van der Waals surface area contributed by atoms with Crippen molar-refractivity contribution in [1.29, 1.82) is 0 Å². The molecule has 8 heteroatoms. The molecule has 0 spiro atoms. The Bertz CT molecular complexity index is 1520. The maximum absolute atomic E-state index is 11.7. The number of nitrogens with one attached hydrogen (secondary N) is 1.